The highest BCUT2D eigenvalue weighted by Gasteiger charge is 2.19. The van der Waals surface area contributed by atoms with Crippen molar-refractivity contribution in [3.63, 3.8) is 0 Å². The van der Waals surface area contributed by atoms with E-state index in [0.717, 1.165) is 161 Å². The van der Waals surface area contributed by atoms with E-state index in [0.29, 0.717) is 19.3 Å². The third-order valence-corrected chi connectivity index (χ3v) is 14.3. The monoisotopic (exact) mass is 1150 g/mol. The topological polar surface area (TPSA) is 78.9 Å². The second-order valence-corrected chi connectivity index (χ2v) is 22.3. The number of unbranched alkanes of at least 4 members (excludes halogenated alkanes) is 26. The lowest BCUT2D eigenvalue weighted by atomic mass is 10.0. The number of esters is 3. The largest absolute Gasteiger partial charge is 0.462 e. The second kappa shape index (κ2) is 69.8. The van der Waals surface area contributed by atoms with Crippen LogP contribution in [0.15, 0.2) is 146 Å². The van der Waals surface area contributed by atoms with Crippen LogP contribution in [0, 0.1) is 0 Å². The van der Waals surface area contributed by atoms with E-state index in [-0.39, 0.29) is 31.1 Å². The number of carbonyl (C=O) groups excluding carboxylic acids is 3. The van der Waals surface area contributed by atoms with Gasteiger partial charge in [0.25, 0.3) is 0 Å². The van der Waals surface area contributed by atoms with E-state index in [4.69, 9.17) is 14.2 Å². The summed E-state index contributed by atoms with van der Waals surface area (Å²) < 4.78 is 16.9. The van der Waals surface area contributed by atoms with Crippen LogP contribution in [0.4, 0.5) is 0 Å². The maximum Gasteiger partial charge on any atom is 0.306 e. The van der Waals surface area contributed by atoms with Gasteiger partial charge in [-0.2, -0.15) is 0 Å². The van der Waals surface area contributed by atoms with Gasteiger partial charge in [0.15, 0.2) is 6.10 Å². The van der Waals surface area contributed by atoms with E-state index in [1.54, 1.807) is 0 Å². The Morgan fingerprint density at radius 1 is 0.253 bits per heavy atom. The Morgan fingerprint density at radius 3 is 0.735 bits per heavy atom. The molecule has 0 saturated heterocycles. The molecule has 0 N–H and O–H groups in total. The molecule has 1 unspecified atom stereocenters. The highest BCUT2D eigenvalue weighted by atomic mass is 16.6. The summed E-state index contributed by atoms with van der Waals surface area (Å²) in [7, 11) is 0. The predicted octanol–water partition coefficient (Wildman–Crippen LogP) is 23.9. The molecule has 6 heteroatoms. The van der Waals surface area contributed by atoms with Crippen LogP contribution in [0.25, 0.3) is 0 Å². The average Bonchev–Trinajstić information content (AvgIpc) is 3.49. The summed E-state index contributed by atoms with van der Waals surface area (Å²) in [4.78, 5) is 38.4. The Bertz CT molecular complexity index is 1800. The molecule has 0 radical (unpaired) electrons. The molecule has 470 valence electrons. The number of carbonyl (C=O) groups is 3. The van der Waals surface area contributed by atoms with Crippen LogP contribution in [-0.2, 0) is 28.6 Å². The number of allylic oxidation sites excluding steroid dienone is 24. The lowest BCUT2D eigenvalue weighted by Crippen LogP contribution is -2.30. The van der Waals surface area contributed by atoms with Crippen molar-refractivity contribution in [3.8, 4) is 0 Å². The molecular weight excluding hydrogens is 1020 g/mol. The summed E-state index contributed by atoms with van der Waals surface area (Å²) in [6.45, 7) is 6.37. The van der Waals surface area contributed by atoms with Crippen molar-refractivity contribution < 1.29 is 28.6 Å². The van der Waals surface area contributed by atoms with E-state index in [2.05, 4.69) is 167 Å². The van der Waals surface area contributed by atoms with Crippen molar-refractivity contribution in [1.29, 1.82) is 0 Å². The van der Waals surface area contributed by atoms with Crippen molar-refractivity contribution in [2.24, 2.45) is 0 Å². The second-order valence-electron chi connectivity index (χ2n) is 22.3. The summed E-state index contributed by atoms with van der Waals surface area (Å²) in [6, 6.07) is 0. The van der Waals surface area contributed by atoms with Crippen LogP contribution in [0.5, 0.6) is 0 Å². The van der Waals surface area contributed by atoms with Gasteiger partial charge in [-0.3, -0.25) is 14.4 Å². The van der Waals surface area contributed by atoms with Crippen LogP contribution >= 0.6 is 0 Å². The Hall–Kier alpha value is -4.71. The minimum atomic E-state index is -0.800. The van der Waals surface area contributed by atoms with Crippen molar-refractivity contribution in [1.82, 2.24) is 0 Å². The highest BCUT2D eigenvalue weighted by molar-refractivity contribution is 5.71. The van der Waals surface area contributed by atoms with Gasteiger partial charge in [-0.05, 0) is 141 Å². The standard InChI is InChI=1S/C77H126O6/c1-4-7-10-13-16-19-22-25-28-30-32-33-34-35-36-37-38-39-40-41-42-43-45-46-49-52-55-58-61-64-67-70-76(79)82-73-74(72-81-75(78)69-66-63-60-57-54-51-48-27-24-21-18-15-12-9-6-3)83-77(80)71-68-65-62-59-56-53-50-47-44-31-29-26-23-20-17-14-11-8-5-2/h7,9-10,12,16-21,25-29,32-33,35-36,38-39,44,47-48,74H,4-6,8,11,13-15,22-24,30-31,34,37,40-43,45-46,49-73H2,1-3H3/b10-7-,12-9-,19-16-,20-17-,21-18-,28-25-,29-26-,33-32-,36-35-,39-38-,47-44-,48-27-. The van der Waals surface area contributed by atoms with Crippen LogP contribution in [0.3, 0.4) is 0 Å². The van der Waals surface area contributed by atoms with Gasteiger partial charge in [0.2, 0.25) is 0 Å². The molecule has 0 heterocycles. The molecule has 1 atom stereocenters. The summed E-state index contributed by atoms with van der Waals surface area (Å²) in [5.41, 5.74) is 0. The lowest BCUT2D eigenvalue weighted by molar-refractivity contribution is -0.167. The maximum absolute atomic E-state index is 12.9. The first-order valence-electron chi connectivity index (χ1n) is 34.3. The van der Waals surface area contributed by atoms with Crippen molar-refractivity contribution in [2.75, 3.05) is 13.2 Å². The highest BCUT2D eigenvalue weighted by Crippen LogP contribution is 2.16. The number of hydrogen-bond acceptors (Lipinski definition) is 6. The maximum atomic E-state index is 12.9. The summed E-state index contributed by atoms with van der Waals surface area (Å²) in [6.07, 6.45) is 100. The minimum Gasteiger partial charge on any atom is -0.462 e. The molecule has 0 aliphatic carbocycles. The van der Waals surface area contributed by atoms with Gasteiger partial charge in [-0.1, -0.05) is 289 Å². The molecule has 0 aromatic heterocycles. The van der Waals surface area contributed by atoms with Gasteiger partial charge < -0.3 is 14.2 Å². The zero-order valence-electron chi connectivity index (χ0n) is 53.9. The summed E-state index contributed by atoms with van der Waals surface area (Å²) in [5.74, 6) is -0.921. The van der Waals surface area contributed by atoms with Crippen molar-refractivity contribution in [2.45, 2.75) is 309 Å². The van der Waals surface area contributed by atoms with E-state index in [1.807, 2.05) is 0 Å². The third-order valence-electron chi connectivity index (χ3n) is 14.3. The molecule has 0 aliphatic heterocycles. The lowest BCUT2D eigenvalue weighted by Gasteiger charge is -2.18. The molecule has 0 fully saturated rings. The average molecular weight is 1150 g/mol. The van der Waals surface area contributed by atoms with Crippen molar-refractivity contribution in [3.05, 3.63) is 146 Å². The first kappa shape index (κ1) is 78.3. The molecule has 83 heavy (non-hydrogen) atoms. The molecule has 0 saturated carbocycles. The molecule has 0 amide bonds. The van der Waals surface area contributed by atoms with Crippen LogP contribution in [0.1, 0.15) is 303 Å². The Morgan fingerprint density at radius 2 is 0.470 bits per heavy atom. The van der Waals surface area contributed by atoms with Crippen molar-refractivity contribution >= 4 is 17.9 Å². The fourth-order valence-electron chi connectivity index (χ4n) is 9.23. The molecule has 0 aliphatic rings. The van der Waals surface area contributed by atoms with Gasteiger partial charge in [0.1, 0.15) is 13.2 Å². The fourth-order valence-corrected chi connectivity index (χ4v) is 9.23. The molecule has 0 bridgehead atoms. The van der Waals surface area contributed by atoms with Gasteiger partial charge in [-0.25, -0.2) is 0 Å². The Kier molecular flexibility index (Phi) is 65.8. The minimum absolute atomic E-state index is 0.0936. The van der Waals surface area contributed by atoms with E-state index in [9.17, 15) is 14.4 Å². The molecule has 6 nitrogen and oxygen atoms in total. The van der Waals surface area contributed by atoms with Crippen LogP contribution in [-0.4, -0.2) is 37.2 Å². The van der Waals surface area contributed by atoms with E-state index >= 15 is 0 Å². The molecular formula is C77H126O6. The Balaban J connectivity index is 4.33. The van der Waals surface area contributed by atoms with Gasteiger partial charge >= 0.3 is 17.9 Å². The Labute approximate surface area is 512 Å². The fraction of sp³-hybridized carbons (Fsp3) is 0.649. The molecule has 0 aromatic carbocycles. The number of hydrogen-bond donors (Lipinski definition) is 0. The predicted molar refractivity (Wildman–Crippen MR) is 362 cm³/mol. The zero-order valence-corrected chi connectivity index (χ0v) is 53.9. The molecule has 0 spiro atoms. The first-order valence-corrected chi connectivity index (χ1v) is 34.3. The third kappa shape index (κ3) is 68.0. The normalized spacial score (nSPS) is 13.0. The van der Waals surface area contributed by atoms with Gasteiger partial charge in [0.05, 0.1) is 0 Å². The van der Waals surface area contributed by atoms with Gasteiger partial charge in [0, 0.05) is 19.3 Å². The number of rotatable bonds is 61. The smallest absolute Gasteiger partial charge is 0.306 e. The summed E-state index contributed by atoms with van der Waals surface area (Å²) in [5, 5.41) is 0. The first-order chi connectivity index (χ1) is 41.0. The van der Waals surface area contributed by atoms with E-state index in [1.165, 1.54) is 103 Å². The van der Waals surface area contributed by atoms with E-state index < -0.39 is 6.10 Å². The van der Waals surface area contributed by atoms with Crippen LogP contribution < -0.4 is 0 Å². The summed E-state index contributed by atoms with van der Waals surface area (Å²) >= 11 is 0. The van der Waals surface area contributed by atoms with Crippen LogP contribution in [0.2, 0.25) is 0 Å². The quantitative estimate of drug-likeness (QED) is 0.0261. The SMILES string of the molecule is CC/C=C\C/C=C\C/C=C\C/C=C\C/C=C\C/C=C\CCCCCCCCCCCCCCC(=O)OCC(COC(=O)CCCCCCC/C=C\C/C=C\C/C=C\CC)OC(=O)CCCCCCCC/C=C\C/C=C\C/C=C\CCCCC. The molecule has 0 aromatic rings. The zero-order chi connectivity index (χ0) is 59.9. The van der Waals surface area contributed by atoms with Gasteiger partial charge in [-0.15, -0.1) is 0 Å². The molecule has 0 rings (SSSR count). The number of ether oxygens (including phenoxy) is 3.